The van der Waals surface area contributed by atoms with E-state index in [1.165, 1.54) is 13.3 Å². The normalized spacial score (nSPS) is 67.8. The number of ketones is 1. The van der Waals surface area contributed by atoms with Gasteiger partial charge in [0.05, 0.1) is 10.7 Å². The molecule has 0 radical (unpaired) electrons. The lowest BCUT2D eigenvalue weighted by Crippen LogP contribution is -2.49. The third kappa shape index (κ3) is 0.653. The van der Waals surface area contributed by atoms with Crippen LogP contribution in [0.1, 0.15) is 13.3 Å². The third-order valence-corrected chi connectivity index (χ3v) is 7.73. The van der Waals surface area contributed by atoms with Crippen LogP contribution >= 0.6 is 15.9 Å². The Morgan fingerprint density at radius 2 is 2.18 bits per heavy atom. The molecule has 0 heterocycles. The molecule has 6 bridgehead atoms. The summed E-state index contributed by atoms with van der Waals surface area (Å²) in [5.41, 5.74) is -0.458. The molecule has 6 rings (SSSR count). The van der Waals surface area contributed by atoms with E-state index in [4.69, 9.17) is 4.74 Å². The number of Topliss-reactive ketones (excluding diaryl/α,β-unsaturated/α-hetero) is 1. The van der Waals surface area contributed by atoms with Crippen molar-refractivity contribution in [3.8, 4) is 0 Å². The molecule has 6 fully saturated rings. The van der Waals surface area contributed by atoms with E-state index in [2.05, 4.69) is 15.9 Å². The van der Waals surface area contributed by atoms with Crippen LogP contribution in [0, 0.1) is 41.4 Å². The highest BCUT2D eigenvalue weighted by Gasteiger charge is 2.91. The molecule has 0 aromatic carbocycles. The number of hydrogen-bond donors (Lipinski definition) is 0. The number of carbonyl (C=O) groups is 2. The topological polar surface area (TPSA) is 43.4 Å². The number of esters is 1. The average Bonchev–Trinajstić information content (AvgIpc) is 2.93. The van der Waals surface area contributed by atoms with Crippen molar-refractivity contribution in [1.82, 2.24) is 0 Å². The molecule has 0 aromatic heterocycles. The van der Waals surface area contributed by atoms with Gasteiger partial charge in [-0.05, 0) is 30.1 Å². The predicted octanol–water partition coefficient (Wildman–Crippen LogP) is 1.39. The van der Waals surface area contributed by atoms with Crippen molar-refractivity contribution in [2.45, 2.75) is 23.8 Å². The van der Waals surface area contributed by atoms with Crippen molar-refractivity contribution >= 4 is 27.7 Å². The van der Waals surface area contributed by atoms with E-state index in [1.54, 1.807) is 0 Å². The van der Waals surface area contributed by atoms with Crippen LogP contribution in [0.3, 0.4) is 0 Å². The van der Waals surface area contributed by atoms with Gasteiger partial charge in [-0.15, -0.1) is 0 Å². The predicted molar refractivity (Wildman–Crippen MR) is 61.3 cm³/mol. The molecule has 0 aromatic rings. The van der Waals surface area contributed by atoms with Gasteiger partial charge in [-0.25, -0.2) is 0 Å². The van der Waals surface area contributed by atoms with Crippen LogP contribution in [0.5, 0.6) is 0 Å². The first kappa shape index (κ1) is 9.54. The molecule has 9 atom stereocenters. The van der Waals surface area contributed by atoms with Gasteiger partial charge in [-0.1, -0.05) is 15.9 Å². The van der Waals surface area contributed by atoms with Crippen molar-refractivity contribution in [1.29, 1.82) is 0 Å². The van der Waals surface area contributed by atoms with Crippen LogP contribution in [0.4, 0.5) is 0 Å². The van der Waals surface area contributed by atoms with Crippen LogP contribution in [0.15, 0.2) is 0 Å². The highest BCUT2D eigenvalue weighted by atomic mass is 79.9. The van der Waals surface area contributed by atoms with Crippen LogP contribution in [0.25, 0.3) is 0 Å². The van der Waals surface area contributed by atoms with Crippen LogP contribution in [-0.2, 0) is 14.3 Å². The van der Waals surface area contributed by atoms with E-state index in [0.717, 1.165) is 0 Å². The Hall–Kier alpha value is -0.380. The smallest absolute Gasteiger partial charge is 0.303 e. The summed E-state index contributed by atoms with van der Waals surface area (Å²) in [6.45, 7) is 1.47. The SMILES string of the molecule is CC(=O)O[C@@]12[C@H]3[C@@H]4CC5C([C@@H]4[C@@H]1Br)[C@@H]2C(=O)[C@H]53. The van der Waals surface area contributed by atoms with Gasteiger partial charge >= 0.3 is 5.97 Å². The molecule has 0 N–H and O–H groups in total. The fourth-order valence-corrected chi connectivity index (χ4v) is 8.04. The molecule has 90 valence electrons. The molecular weight excluding hydrogens is 284 g/mol. The molecule has 0 amide bonds. The molecule has 6 aliphatic rings. The molecule has 3 nitrogen and oxygen atoms in total. The van der Waals surface area contributed by atoms with Gasteiger partial charge in [-0.3, -0.25) is 9.59 Å². The van der Waals surface area contributed by atoms with Crippen molar-refractivity contribution < 1.29 is 14.3 Å². The van der Waals surface area contributed by atoms with Crippen molar-refractivity contribution in [2.24, 2.45) is 41.4 Å². The van der Waals surface area contributed by atoms with Crippen molar-refractivity contribution in [3.05, 3.63) is 0 Å². The van der Waals surface area contributed by atoms with Gasteiger partial charge in [0.2, 0.25) is 0 Å². The van der Waals surface area contributed by atoms with Crippen molar-refractivity contribution in [2.75, 3.05) is 0 Å². The van der Waals surface area contributed by atoms with Gasteiger partial charge in [-0.2, -0.15) is 0 Å². The minimum Gasteiger partial charge on any atom is -0.457 e. The summed E-state index contributed by atoms with van der Waals surface area (Å²) in [6, 6.07) is 0. The first-order valence-corrected chi connectivity index (χ1v) is 7.38. The highest BCUT2D eigenvalue weighted by Crippen LogP contribution is 2.84. The molecule has 17 heavy (non-hydrogen) atoms. The van der Waals surface area contributed by atoms with Gasteiger partial charge in [0, 0.05) is 18.8 Å². The van der Waals surface area contributed by atoms with Crippen LogP contribution < -0.4 is 0 Å². The molecule has 0 saturated heterocycles. The minimum atomic E-state index is -0.458. The number of hydrogen-bond acceptors (Lipinski definition) is 3. The molecule has 4 heteroatoms. The number of ether oxygens (including phenoxy) is 1. The van der Waals surface area contributed by atoms with E-state index in [1.807, 2.05) is 0 Å². The Balaban J connectivity index is 1.77. The molecule has 2 unspecified atom stereocenters. The summed E-state index contributed by atoms with van der Waals surface area (Å²) in [6.07, 6.45) is 1.21. The van der Waals surface area contributed by atoms with E-state index in [9.17, 15) is 9.59 Å². The van der Waals surface area contributed by atoms with Crippen molar-refractivity contribution in [3.63, 3.8) is 0 Å². The Morgan fingerprint density at radius 1 is 1.41 bits per heavy atom. The summed E-state index contributed by atoms with van der Waals surface area (Å²) in [5, 5.41) is 0. The van der Waals surface area contributed by atoms with Gasteiger partial charge in [0.1, 0.15) is 11.4 Å². The Labute approximate surface area is 107 Å². The lowest BCUT2D eigenvalue weighted by atomic mass is 9.69. The number of halogens is 1. The second-order valence-electron chi connectivity index (χ2n) is 6.50. The first-order valence-electron chi connectivity index (χ1n) is 6.46. The number of rotatable bonds is 1. The Bertz CT molecular complexity index is 489. The number of carbonyl (C=O) groups excluding carboxylic acids is 2. The zero-order chi connectivity index (χ0) is 11.7. The summed E-state index contributed by atoms with van der Waals surface area (Å²) < 4.78 is 5.75. The minimum absolute atomic E-state index is 0.0273. The van der Waals surface area contributed by atoms with Gasteiger partial charge in [0.15, 0.2) is 0 Å². The average molecular weight is 297 g/mol. The summed E-state index contributed by atoms with van der Waals surface area (Å²) in [5.74, 6) is 3.17. The summed E-state index contributed by atoms with van der Waals surface area (Å²) in [7, 11) is 0. The van der Waals surface area contributed by atoms with Gasteiger partial charge in [0.25, 0.3) is 0 Å². The molecule has 0 spiro atoms. The molecule has 0 aliphatic heterocycles. The first-order chi connectivity index (χ1) is 8.09. The third-order valence-electron chi connectivity index (χ3n) is 6.40. The Morgan fingerprint density at radius 3 is 2.88 bits per heavy atom. The molecule has 6 saturated carbocycles. The zero-order valence-corrected chi connectivity index (χ0v) is 11.0. The quantitative estimate of drug-likeness (QED) is 0.543. The maximum Gasteiger partial charge on any atom is 0.303 e. The maximum atomic E-state index is 12.4. The monoisotopic (exact) mass is 296 g/mol. The fraction of sp³-hybridized carbons (Fsp3) is 0.846. The van der Waals surface area contributed by atoms with Gasteiger partial charge < -0.3 is 4.74 Å². The van der Waals surface area contributed by atoms with E-state index in [-0.39, 0.29) is 22.6 Å². The van der Waals surface area contributed by atoms with Crippen LogP contribution in [0.2, 0.25) is 0 Å². The molecular formula is C13H13BrO3. The lowest BCUT2D eigenvalue weighted by Gasteiger charge is -2.40. The summed E-state index contributed by atoms with van der Waals surface area (Å²) in [4.78, 5) is 24.1. The fourth-order valence-electron chi connectivity index (χ4n) is 6.61. The van der Waals surface area contributed by atoms with E-state index < -0.39 is 5.60 Å². The Kier molecular flexibility index (Phi) is 1.32. The molecule has 6 aliphatic carbocycles. The summed E-state index contributed by atoms with van der Waals surface area (Å²) >= 11 is 3.77. The maximum absolute atomic E-state index is 12.4. The largest absolute Gasteiger partial charge is 0.457 e. The second-order valence-corrected chi connectivity index (χ2v) is 7.49. The van der Waals surface area contributed by atoms with E-state index >= 15 is 0 Å². The standard InChI is InChI=1S/C13H13BrO3/c1-3(15)17-13-9-5-2-4-6(7(5)12(13)14)10(13)11(16)8(4)9/h4-10,12H,2H2,1H3/t4?,5-,6?,7-,8-,9+,10-,12+,13-/m1/s1. The highest BCUT2D eigenvalue weighted by molar-refractivity contribution is 9.09. The zero-order valence-electron chi connectivity index (χ0n) is 9.43. The number of alkyl halides is 1. The lowest BCUT2D eigenvalue weighted by molar-refractivity contribution is -0.167. The van der Waals surface area contributed by atoms with E-state index in [0.29, 0.717) is 35.4 Å². The second kappa shape index (κ2) is 2.36. The van der Waals surface area contributed by atoms with Crippen LogP contribution in [-0.4, -0.2) is 22.2 Å².